The van der Waals surface area contributed by atoms with Gasteiger partial charge in [0.1, 0.15) is 5.75 Å². The maximum Gasteiger partial charge on any atom is 0.260 e. The predicted octanol–water partition coefficient (Wildman–Crippen LogP) is 3.11. The zero-order valence-electron chi connectivity index (χ0n) is 16.4. The van der Waals surface area contributed by atoms with Crippen LogP contribution in [0.4, 0.5) is 0 Å². The quantitative estimate of drug-likeness (QED) is 0.803. The molecule has 2 aromatic carbocycles. The number of ether oxygens (including phenoxy) is 1. The van der Waals surface area contributed by atoms with Gasteiger partial charge in [-0.1, -0.05) is 42.5 Å². The van der Waals surface area contributed by atoms with Crippen molar-refractivity contribution in [1.82, 2.24) is 10.2 Å². The van der Waals surface area contributed by atoms with Crippen LogP contribution in [0, 0.1) is 6.92 Å². The van der Waals surface area contributed by atoms with Crippen LogP contribution in [0.2, 0.25) is 0 Å². The Morgan fingerprint density at radius 3 is 2.54 bits per heavy atom. The molecule has 0 aromatic heterocycles. The Labute approximate surface area is 166 Å². The highest BCUT2D eigenvalue weighted by atomic mass is 16.5. The minimum Gasteiger partial charge on any atom is -0.484 e. The van der Waals surface area contributed by atoms with E-state index in [9.17, 15) is 9.59 Å². The summed E-state index contributed by atoms with van der Waals surface area (Å²) < 4.78 is 5.61. The van der Waals surface area contributed by atoms with Crippen LogP contribution >= 0.6 is 0 Å². The minimum atomic E-state index is -0.00430. The van der Waals surface area contributed by atoms with Crippen molar-refractivity contribution in [2.75, 3.05) is 19.7 Å². The molecular weight excluding hydrogens is 352 g/mol. The first-order valence-corrected chi connectivity index (χ1v) is 9.90. The third-order valence-electron chi connectivity index (χ3n) is 5.05. The third kappa shape index (κ3) is 6.12. The van der Waals surface area contributed by atoms with E-state index in [1.165, 1.54) is 5.56 Å². The Balaban J connectivity index is 1.35. The van der Waals surface area contributed by atoms with Crippen molar-refractivity contribution in [2.45, 2.75) is 38.6 Å². The van der Waals surface area contributed by atoms with Gasteiger partial charge in [-0.05, 0) is 49.4 Å². The van der Waals surface area contributed by atoms with Gasteiger partial charge in [0.05, 0.1) is 0 Å². The van der Waals surface area contributed by atoms with Crippen LogP contribution in [0.15, 0.2) is 54.6 Å². The van der Waals surface area contributed by atoms with E-state index in [1.807, 2.05) is 66.4 Å². The van der Waals surface area contributed by atoms with E-state index < -0.39 is 0 Å². The first kappa shape index (κ1) is 19.9. The van der Waals surface area contributed by atoms with Crippen LogP contribution in [0.3, 0.4) is 0 Å². The molecule has 1 N–H and O–H groups in total. The van der Waals surface area contributed by atoms with Crippen LogP contribution < -0.4 is 10.1 Å². The van der Waals surface area contributed by atoms with Crippen LogP contribution in [-0.4, -0.2) is 42.5 Å². The fourth-order valence-electron chi connectivity index (χ4n) is 3.42. The first-order valence-electron chi connectivity index (χ1n) is 9.90. The van der Waals surface area contributed by atoms with E-state index in [-0.39, 0.29) is 24.5 Å². The molecule has 2 aromatic rings. The van der Waals surface area contributed by atoms with Gasteiger partial charge < -0.3 is 15.0 Å². The van der Waals surface area contributed by atoms with Gasteiger partial charge >= 0.3 is 0 Å². The number of benzene rings is 2. The molecule has 2 amide bonds. The average molecular weight is 380 g/mol. The molecule has 5 nitrogen and oxygen atoms in total. The lowest BCUT2D eigenvalue weighted by atomic mass is 10.0. The number of hydrogen-bond donors (Lipinski definition) is 1. The van der Waals surface area contributed by atoms with Crippen molar-refractivity contribution in [3.05, 3.63) is 65.7 Å². The van der Waals surface area contributed by atoms with Crippen molar-refractivity contribution in [3.63, 3.8) is 0 Å². The number of aryl methyl sites for hydroxylation is 2. The normalized spacial score (nSPS) is 14.5. The number of hydrogen-bond acceptors (Lipinski definition) is 3. The van der Waals surface area contributed by atoms with Gasteiger partial charge in [-0.2, -0.15) is 0 Å². The molecule has 1 aliphatic rings. The Bertz CT molecular complexity index is 783. The number of likely N-dealkylation sites (tertiary alicyclic amines) is 1. The summed E-state index contributed by atoms with van der Waals surface area (Å²) in [6.45, 7) is 3.35. The van der Waals surface area contributed by atoms with Gasteiger partial charge in [0, 0.05) is 25.6 Å². The summed E-state index contributed by atoms with van der Waals surface area (Å²) in [5.74, 6) is 0.792. The van der Waals surface area contributed by atoms with Gasteiger partial charge in [-0.15, -0.1) is 0 Å². The second-order valence-electron chi connectivity index (χ2n) is 7.31. The average Bonchev–Trinajstić information content (AvgIpc) is 2.72. The van der Waals surface area contributed by atoms with E-state index in [1.54, 1.807) is 0 Å². The monoisotopic (exact) mass is 380 g/mol. The van der Waals surface area contributed by atoms with E-state index in [2.05, 4.69) is 5.32 Å². The summed E-state index contributed by atoms with van der Waals surface area (Å²) in [6, 6.07) is 17.9. The zero-order valence-corrected chi connectivity index (χ0v) is 16.4. The number of amides is 2. The molecule has 0 spiro atoms. The van der Waals surface area contributed by atoms with Gasteiger partial charge in [0.2, 0.25) is 5.91 Å². The van der Waals surface area contributed by atoms with Gasteiger partial charge in [0.15, 0.2) is 6.61 Å². The Kier molecular flexibility index (Phi) is 7.06. The van der Waals surface area contributed by atoms with Gasteiger partial charge in [-0.3, -0.25) is 9.59 Å². The number of rotatable bonds is 7. The minimum absolute atomic E-state index is 0.00430. The number of carbonyl (C=O) groups is 2. The summed E-state index contributed by atoms with van der Waals surface area (Å²) in [6.07, 6.45) is 2.81. The summed E-state index contributed by atoms with van der Waals surface area (Å²) in [7, 11) is 0. The van der Waals surface area contributed by atoms with Crippen molar-refractivity contribution >= 4 is 11.8 Å². The van der Waals surface area contributed by atoms with E-state index in [4.69, 9.17) is 4.74 Å². The van der Waals surface area contributed by atoms with Crippen LogP contribution in [0.5, 0.6) is 5.75 Å². The molecule has 3 rings (SSSR count). The van der Waals surface area contributed by atoms with Crippen LogP contribution in [0.1, 0.15) is 30.4 Å². The van der Waals surface area contributed by atoms with E-state index in [0.717, 1.165) is 24.8 Å². The Morgan fingerprint density at radius 1 is 1.07 bits per heavy atom. The predicted molar refractivity (Wildman–Crippen MR) is 109 cm³/mol. The molecular formula is C23H28N2O3. The lowest BCUT2D eigenvalue weighted by molar-refractivity contribution is -0.134. The Morgan fingerprint density at radius 2 is 1.82 bits per heavy atom. The van der Waals surface area contributed by atoms with Crippen LogP contribution in [0.25, 0.3) is 0 Å². The summed E-state index contributed by atoms with van der Waals surface area (Å²) in [5.41, 5.74) is 2.28. The topological polar surface area (TPSA) is 58.6 Å². The molecule has 148 valence electrons. The van der Waals surface area contributed by atoms with Crippen LogP contribution in [-0.2, 0) is 16.0 Å². The third-order valence-corrected chi connectivity index (χ3v) is 5.05. The van der Waals surface area contributed by atoms with Crippen molar-refractivity contribution in [1.29, 1.82) is 0 Å². The highest BCUT2D eigenvalue weighted by molar-refractivity contribution is 5.78. The number of piperidine rings is 1. The molecule has 0 radical (unpaired) electrons. The zero-order chi connectivity index (χ0) is 19.8. The fraction of sp³-hybridized carbons (Fsp3) is 0.391. The molecule has 1 heterocycles. The highest BCUT2D eigenvalue weighted by Crippen LogP contribution is 2.14. The number of carbonyl (C=O) groups excluding carboxylic acids is 2. The highest BCUT2D eigenvalue weighted by Gasteiger charge is 2.24. The largest absolute Gasteiger partial charge is 0.484 e. The van der Waals surface area contributed by atoms with Gasteiger partial charge in [-0.25, -0.2) is 0 Å². The molecule has 0 atom stereocenters. The molecule has 1 aliphatic heterocycles. The molecule has 28 heavy (non-hydrogen) atoms. The van der Waals surface area contributed by atoms with Gasteiger partial charge in [0.25, 0.3) is 5.91 Å². The summed E-state index contributed by atoms with van der Waals surface area (Å²) in [5, 5.41) is 3.10. The van der Waals surface area contributed by atoms with Crippen molar-refractivity contribution < 1.29 is 14.3 Å². The molecule has 0 saturated carbocycles. The first-order chi connectivity index (χ1) is 13.6. The smallest absolute Gasteiger partial charge is 0.260 e. The maximum atomic E-state index is 12.4. The second-order valence-corrected chi connectivity index (χ2v) is 7.31. The number of nitrogens with one attached hydrogen (secondary N) is 1. The van der Waals surface area contributed by atoms with E-state index >= 15 is 0 Å². The van der Waals surface area contributed by atoms with E-state index in [0.29, 0.717) is 25.3 Å². The van der Waals surface area contributed by atoms with Crippen molar-refractivity contribution in [3.8, 4) is 5.75 Å². The molecule has 1 saturated heterocycles. The molecule has 0 bridgehead atoms. The lowest BCUT2D eigenvalue weighted by Gasteiger charge is -2.32. The standard InChI is InChI=1S/C23H28N2O3/c1-18-6-5-9-21(16-18)28-17-23(27)25-14-12-20(13-15-25)24-22(26)11-10-19-7-3-2-4-8-19/h2-9,16,20H,10-15,17H2,1H3,(H,24,26). The lowest BCUT2D eigenvalue weighted by Crippen LogP contribution is -2.47. The summed E-state index contributed by atoms with van der Waals surface area (Å²) >= 11 is 0. The molecule has 5 heteroatoms. The number of nitrogens with zero attached hydrogens (tertiary/aromatic N) is 1. The Hall–Kier alpha value is -2.82. The fourth-order valence-corrected chi connectivity index (χ4v) is 3.42. The molecule has 0 aliphatic carbocycles. The van der Waals surface area contributed by atoms with Crippen molar-refractivity contribution in [2.24, 2.45) is 0 Å². The SMILES string of the molecule is Cc1cccc(OCC(=O)N2CCC(NC(=O)CCc3ccccc3)CC2)c1. The molecule has 0 unspecified atom stereocenters. The maximum absolute atomic E-state index is 12.4. The molecule has 1 fully saturated rings. The summed E-state index contributed by atoms with van der Waals surface area (Å²) in [4.78, 5) is 26.4. The second kappa shape index (κ2) is 9.93.